The van der Waals surface area contributed by atoms with Crippen molar-refractivity contribution in [3.05, 3.63) is 0 Å². The maximum atomic E-state index is 6.10. The molecule has 0 heterocycles. The molecule has 3 heteroatoms. The Morgan fingerprint density at radius 1 is 1.47 bits per heavy atom. The summed E-state index contributed by atoms with van der Waals surface area (Å²) >= 11 is 0. The van der Waals surface area contributed by atoms with Gasteiger partial charge in [0.05, 0.1) is 6.61 Å². The Labute approximate surface area is 94.0 Å². The van der Waals surface area contributed by atoms with E-state index < -0.39 is 0 Å². The highest BCUT2D eigenvalue weighted by Crippen LogP contribution is 2.32. The molecule has 1 fully saturated rings. The summed E-state index contributed by atoms with van der Waals surface area (Å²) in [6, 6.07) is 0.931. The monoisotopic (exact) mass is 214 g/mol. The van der Waals surface area contributed by atoms with Crippen LogP contribution in [0.15, 0.2) is 0 Å². The second kappa shape index (κ2) is 6.46. The highest BCUT2D eigenvalue weighted by Gasteiger charge is 2.28. The SMILES string of the molecule is CCN(CCC(N)C1CC1)C(C)COC. The van der Waals surface area contributed by atoms with Crippen LogP contribution in [0.1, 0.15) is 33.1 Å². The lowest BCUT2D eigenvalue weighted by Crippen LogP contribution is -2.39. The molecule has 0 radical (unpaired) electrons. The van der Waals surface area contributed by atoms with Crippen molar-refractivity contribution in [3.8, 4) is 0 Å². The van der Waals surface area contributed by atoms with E-state index >= 15 is 0 Å². The summed E-state index contributed by atoms with van der Waals surface area (Å²) in [4.78, 5) is 2.45. The van der Waals surface area contributed by atoms with Crippen LogP contribution < -0.4 is 5.73 Å². The van der Waals surface area contributed by atoms with Gasteiger partial charge in [-0.15, -0.1) is 0 Å². The fourth-order valence-electron chi connectivity index (χ4n) is 2.11. The summed E-state index contributed by atoms with van der Waals surface area (Å²) in [6.07, 6.45) is 3.83. The zero-order chi connectivity index (χ0) is 11.3. The van der Waals surface area contributed by atoms with Gasteiger partial charge in [-0.3, -0.25) is 4.90 Å². The van der Waals surface area contributed by atoms with E-state index in [-0.39, 0.29) is 0 Å². The lowest BCUT2D eigenvalue weighted by Gasteiger charge is -2.28. The molecule has 15 heavy (non-hydrogen) atoms. The molecule has 2 unspecified atom stereocenters. The predicted octanol–water partition coefficient (Wildman–Crippen LogP) is 1.47. The maximum absolute atomic E-state index is 6.10. The van der Waals surface area contributed by atoms with Crippen LogP contribution in [0.3, 0.4) is 0 Å². The van der Waals surface area contributed by atoms with Crippen molar-refractivity contribution in [2.75, 3.05) is 26.8 Å². The Balaban J connectivity index is 2.19. The van der Waals surface area contributed by atoms with Crippen LogP contribution in [-0.2, 0) is 4.74 Å². The molecule has 90 valence electrons. The van der Waals surface area contributed by atoms with E-state index in [4.69, 9.17) is 10.5 Å². The van der Waals surface area contributed by atoms with E-state index in [0.717, 1.165) is 32.0 Å². The molecule has 3 nitrogen and oxygen atoms in total. The first-order valence-corrected chi connectivity index (χ1v) is 6.17. The minimum Gasteiger partial charge on any atom is -0.383 e. The molecule has 2 N–H and O–H groups in total. The number of nitrogens with zero attached hydrogens (tertiary/aromatic N) is 1. The first-order chi connectivity index (χ1) is 7.19. The van der Waals surface area contributed by atoms with Crippen molar-refractivity contribution in [2.45, 2.75) is 45.2 Å². The molecule has 0 aromatic carbocycles. The number of nitrogens with two attached hydrogens (primary N) is 1. The van der Waals surface area contributed by atoms with Crippen LogP contribution in [0.4, 0.5) is 0 Å². The Bertz CT molecular complexity index is 171. The van der Waals surface area contributed by atoms with Crippen molar-refractivity contribution >= 4 is 0 Å². The van der Waals surface area contributed by atoms with Gasteiger partial charge in [0.1, 0.15) is 0 Å². The largest absolute Gasteiger partial charge is 0.383 e. The van der Waals surface area contributed by atoms with Crippen LogP contribution in [0.5, 0.6) is 0 Å². The van der Waals surface area contributed by atoms with Crippen LogP contribution in [-0.4, -0.2) is 43.8 Å². The Hall–Kier alpha value is -0.120. The van der Waals surface area contributed by atoms with E-state index in [1.54, 1.807) is 7.11 Å². The van der Waals surface area contributed by atoms with Gasteiger partial charge in [-0.25, -0.2) is 0 Å². The average molecular weight is 214 g/mol. The standard InChI is InChI=1S/C12H26N2O/c1-4-14(10(2)9-15-3)8-7-12(13)11-5-6-11/h10-12H,4-9,13H2,1-3H3. The van der Waals surface area contributed by atoms with E-state index in [1.807, 2.05) is 0 Å². The van der Waals surface area contributed by atoms with E-state index in [2.05, 4.69) is 18.7 Å². The van der Waals surface area contributed by atoms with Crippen molar-refractivity contribution in [1.29, 1.82) is 0 Å². The third kappa shape index (κ3) is 4.49. The van der Waals surface area contributed by atoms with Gasteiger partial charge in [-0.2, -0.15) is 0 Å². The van der Waals surface area contributed by atoms with E-state index in [9.17, 15) is 0 Å². The number of rotatable bonds is 8. The van der Waals surface area contributed by atoms with Crippen molar-refractivity contribution in [2.24, 2.45) is 11.7 Å². The normalized spacial score (nSPS) is 20.6. The van der Waals surface area contributed by atoms with Gasteiger partial charge in [0.15, 0.2) is 0 Å². The van der Waals surface area contributed by atoms with Gasteiger partial charge in [0.25, 0.3) is 0 Å². The highest BCUT2D eigenvalue weighted by atomic mass is 16.5. The predicted molar refractivity (Wildman–Crippen MR) is 63.9 cm³/mol. The zero-order valence-electron chi connectivity index (χ0n) is 10.4. The summed E-state index contributed by atoms with van der Waals surface area (Å²) in [5.74, 6) is 0.821. The van der Waals surface area contributed by atoms with Crippen LogP contribution in [0.25, 0.3) is 0 Å². The van der Waals surface area contributed by atoms with Gasteiger partial charge in [-0.1, -0.05) is 6.92 Å². The minimum atomic E-state index is 0.425. The minimum absolute atomic E-state index is 0.425. The molecule has 0 aliphatic heterocycles. The highest BCUT2D eigenvalue weighted by molar-refractivity contribution is 4.84. The smallest absolute Gasteiger partial charge is 0.0615 e. The maximum Gasteiger partial charge on any atom is 0.0615 e. The lowest BCUT2D eigenvalue weighted by molar-refractivity contribution is 0.100. The lowest BCUT2D eigenvalue weighted by atomic mass is 10.1. The number of methoxy groups -OCH3 is 1. The van der Waals surface area contributed by atoms with Crippen molar-refractivity contribution in [3.63, 3.8) is 0 Å². The second-order valence-corrected chi connectivity index (χ2v) is 4.72. The molecule has 0 aromatic heterocycles. The second-order valence-electron chi connectivity index (χ2n) is 4.72. The average Bonchev–Trinajstić information content (AvgIpc) is 3.02. The fraction of sp³-hybridized carbons (Fsp3) is 1.00. The van der Waals surface area contributed by atoms with Crippen LogP contribution in [0, 0.1) is 5.92 Å². The molecule has 0 bridgehead atoms. The van der Waals surface area contributed by atoms with Gasteiger partial charge < -0.3 is 10.5 Å². The summed E-state index contributed by atoms with van der Waals surface area (Å²) in [7, 11) is 1.76. The van der Waals surface area contributed by atoms with Crippen molar-refractivity contribution in [1.82, 2.24) is 4.90 Å². The molecule has 2 atom stereocenters. The molecule has 0 saturated heterocycles. The van der Waals surface area contributed by atoms with Crippen molar-refractivity contribution < 1.29 is 4.74 Å². The third-order valence-electron chi connectivity index (χ3n) is 3.41. The molecule has 1 aliphatic rings. The molecular weight excluding hydrogens is 188 g/mol. The Morgan fingerprint density at radius 2 is 2.13 bits per heavy atom. The topological polar surface area (TPSA) is 38.5 Å². The first kappa shape index (κ1) is 12.9. The van der Waals surface area contributed by atoms with Gasteiger partial charge >= 0.3 is 0 Å². The van der Waals surface area contributed by atoms with E-state index in [1.165, 1.54) is 12.8 Å². The number of hydrogen-bond donors (Lipinski definition) is 1. The van der Waals surface area contributed by atoms with Crippen LogP contribution >= 0.6 is 0 Å². The first-order valence-electron chi connectivity index (χ1n) is 6.17. The van der Waals surface area contributed by atoms with Crippen LogP contribution in [0.2, 0.25) is 0 Å². The molecular formula is C12H26N2O. The molecule has 0 spiro atoms. The molecule has 1 saturated carbocycles. The van der Waals surface area contributed by atoms with Gasteiger partial charge in [-0.05, 0) is 45.2 Å². The summed E-state index contributed by atoms with van der Waals surface area (Å²) in [5.41, 5.74) is 6.10. The fourth-order valence-corrected chi connectivity index (χ4v) is 2.11. The van der Waals surface area contributed by atoms with Gasteiger partial charge in [0.2, 0.25) is 0 Å². The summed E-state index contributed by atoms with van der Waals surface area (Å²) < 4.78 is 5.18. The number of ether oxygens (including phenoxy) is 1. The molecule has 1 rings (SSSR count). The number of likely N-dealkylation sites (N-methyl/N-ethyl adjacent to an activating group) is 1. The van der Waals surface area contributed by atoms with Gasteiger partial charge in [0, 0.05) is 19.2 Å². The quantitative estimate of drug-likeness (QED) is 0.665. The Morgan fingerprint density at radius 3 is 2.60 bits per heavy atom. The Kier molecular flexibility index (Phi) is 5.58. The van der Waals surface area contributed by atoms with E-state index in [0.29, 0.717) is 12.1 Å². The molecule has 1 aliphatic carbocycles. The molecule has 0 amide bonds. The number of hydrogen-bond acceptors (Lipinski definition) is 3. The molecule has 0 aromatic rings. The summed E-state index contributed by atoms with van der Waals surface area (Å²) in [6.45, 7) is 7.43. The zero-order valence-corrected chi connectivity index (χ0v) is 10.4. The third-order valence-corrected chi connectivity index (χ3v) is 3.41. The summed E-state index contributed by atoms with van der Waals surface area (Å²) in [5, 5.41) is 0.